The number of nitrogens with zero attached hydrogens (tertiary/aromatic N) is 1. The summed E-state index contributed by atoms with van der Waals surface area (Å²) in [5.41, 5.74) is 0. The third-order valence-electron chi connectivity index (χ3n) is 2.95. The minimum Gasteiger partial charge on any atom is -0.353 e. The predicted molar refractivity (Wildman–Crippen MR) is 70.0 cm³/mol. The summed E-state index contributed by atoms with van der Waals surface area (Å²) in [7, 11) is 2.21. The van der Waals surface area contributed by atoms with Gasteiger partial charge in [-0.05, 0) is 33.1 Å². The van der Waals surface area contributed by atoms with E-state index in [9.17, 15) is 0 Å². The molecule has 0 spiro atoms. The Balaban J connectivity index is 2.18. The molecule has 0 saturated carbocycles. The van der Waals surface area contributed by atoms with Crippen LogP contribution in [0.15, 0.2) is 0 Å². The molecule has 0 radical (unpaired) electrons. The van der Waals surface area contributed by atoms with Gasteiger partial charge in [0.15, 0.2) is 6.29 Å². The molecule has 1 aliphatic rings. The van der Waals surface area contributed by atoms with Gasteiger partial charge in [-0.3, -0.25) is 0 Å². The molecule has 1 saturated heterocycles. The fourth-order valence-corrected chi connectivity index (χ4v) is 3.25. The highest BCUT2D eigenvalue weighted by Crippen LogP contribution is 2.21. The molecule has 1 atom stereocenters. The van der Waals surface area contributed by atoms with Crippen LogP contribution >= 0.6 is 11.8 Å². The summed E-state index contributed by atoms with van der Waals surface area (Å²) in [5, 5.41) is 0. The molecule has 96 valence electrons. The molecule has 0 aromatic heterocycles. The molecule has 3 nitrogen and oxygen atoms in total. The molecule has 1 unspecified atom stereocenters. The van der Waals surface area contributed by atoms with Gasteiger partial charge in [0.05, 0.1) is 0 Å². The van der Waals surface area contributed by atoms with Crippen molar-refractivity contribution < 1.29 is 9.47 Å². The molecule has 1 rings (SSSR count). The molecule has 1 aliphatic heterocycles. The Morgan fingerprint density at radius 3 is 2.50 bits per heavy atom. The van der Waals surface area contributed by atoms with Crippen molar-refractivity contribution in [2.75, 3.05) is 38.3 Å². The summed E-state index contributed by atoms with van der Waals surface area (Å²) in [6, 6.07) is 0.758. The van der Waals surface area contributed by atoms with Crippen LogP contribution in [0.1, 0.15) is 26.7 Å². The molecular weight excluding hydrogens is 222 g/mol. The third-order valence-corrected chi connectivity index (χ3v) is 4.10. The van der Waals surface area contributed by atoms with Gasteiger partial charge in [0.1, 0.15) is 0 Å². The first kappa shape index (κ1) is 14.3. The normalized spacial score (nSPS) is 21.2. The largest absolute Gasteiger partial charge is 0.353 e. The minimum atomic E-state index is -0.0218. The van der Waals surface area contributed by atoms with Gasteiger partial charge >= 0.3 is 0 Å². The van der Waals surface area contributed by atoms with Crippen molar-refractivity contribution in [1.29, 1.82) is 0 Å². The number of hydrogen-bond acceptors (Lipinski definition) is 4. The summed E-state index contributed by atoms with van der Waals surface area (Å²) in [6.07, 6.45) is 2.28. The topological polar surface area (TPSA) is 21.7 Å². The molecule has 16 heavy (non-hydrogen) atoms. The average Bonchev–Trinajstić information content (AvgIpc) is 2.79. The summed E-state index contributed by atoms with van der Waals surface area (Å²) >= 11 is 2.06. The first-order valence-corrected chi connectivity index (χ1v) is 7.44. The SMILES string of the molecule is CCOC(CCN(C)C1CCSC1)OCC. The summed E-state index contributed by atoms with van der Waals surface area (Å²) in [5.74, 6) is 2.60. The third kappa shape index (κ3) is 5.04. The van der Waals surface area contributed by atoms with E-state index in [1.165, 1.54) is 17.9 Å². The van der Waals surface area contributed by atoms with Crippen LogP contribution in [-0.4, -0.2) is 55.5 Å². The van der Waals surface area contributed by atoms with Gasteiger partial charge in [-0.2, -0.15) is 11.8 Å². The molecular formula is C12H25NO2S. The molecule has 4 heteroatoms. The molecule has 0 aliphatic carbocycles. The van der Waals surface area contributed by atoms with Crippen LogP contribution < -0.4 is 0 Å². The Morgan fingerprint density at radius 2 is 2.00 bits per heavy atom. The van der Waals surface area contributed by atoms with E-state index in [1.807, 2.05) is 13.8 Å². The van der Waals surface area contributed by atoms with Gasteiger partial charge in [0.2, 0.25) is 0 Å². The van der Waals surface area contributed by atoms with E-state index in [2.05, 4.69) is 23.7 Å². The van der Waals surface area contributed by atoms with Crippen molar-refractivity contribution in [3.8, 4) is 0 Å². The van der Waals surface area contributed by atoms with Crippen LogP contribution in [0, 0.1) is 0 Å². The van der Waals surface area contributed by atoms with E-state index in [0.29, 0.717) is 0 Å². The van der Waals surface area contributed by atoms with Crippen LogP contribution in [0.5, 0.6) is 0 Å². The number of ether oxygens (including phenoxy) is 2. The number of rotatable bonds is 8. The van der Waals surface area contributed by atoms with E-state index in [1.54, 1.807) is 0 Å². The molecule has 0 N–H and O–H groups in total. The van der Waals surface area contributed by atoms with E-state index in [0.717, 1.165) is 32.2 Å². The zero-order valence-corrected chi connectivity index (χ0v) is 11.6. The lowest BCUT2D eigenvalue weighted by molar-refractivity contribution is -0.141. The van der Waals surface area contributed by atoms with E-state index in [-0.39, 0.29) is 6.29 Å². The maximum Gasteiger partial charge on any atom is 0.158 e. The van der Waals surface area contributed by atoms with E-state index in [4.69, 9.17) is 9.47 Å². The van der Waals surface area contributed by atoms with Crippen LogP contribution in [0.4, 0.5) is 0 Å². The van der Waals surface area contributed by atoms with Gasteiger partial charge < -0.3 is 14.4 Å². The van der Waals surface area contributed by atoms with Crippen LogP contribution in [-0.2, 0) is 9.47 Å². The molecule has 1 heterocycles. The Bertz CT molecular complexity index is 166. The Labute approximate surface area is 104 Å². The fraction of sp³-hybridized carbons (Fsp3) is 1.00. The Morgan fingerprint density at radius 1 is 1.31 bits per heavy atom. The second-order valence-corrected chi connectivity index (χ2v) is 5.28. The second-order valence-electron chi connectivity index (χ2n) is 4.13. The van der Waals surface area contributed by atoms with Crippen molar-refractivity contribution in [2.45, 2.75) is 39.0 Å². The standard InChI is InChI=1S/C12H25NO2S/c1-4-14-12(15-5-2)6-8-13(3)11-7-9-16-10-11/h11-12H,4-10H2,1-3H3. The van der Waals surface area contributed by atoms with Crippen molar-refractivity contribution in [3.63, 3.8) is 0 Å². The molecule has 1 fully saturated rings. The Kier molecular flexibility index (Phi) is 7.45. The zero-order chi connectivity index (χ0) is 11.8. The molecule has 0 aromatic rings. The van der Waals surface area contributed by atoms with Crippen molar-refractivity contribution >= 4 is 11.8 Å². The highest BCUT2D eigenvalue weighted by molar-refractivity contribution is 7.99. The molecule has 0 amide bonds. The lowest BCUT2D eigenvalue weighted by Gasteiger charge is -2.25. The lowest BCUT2D eigenvalue weighted by Crippen LogP contribution is -2.34. The highest BCUT2D eigenvalue weighted by atomic mass is 32.2. The van der Waals surface area contributed by atoms with Gasteiger partial charge in [-0.15, -0.1) is 0 Å². The van der Waals surface area contributed by atoms with E-state index < -0.39 is 0 Å². The first-order valence-electron chi connectivity index (χ1n) is 6.29. The van der Waals surface area contributed by atoms with E-state index >= 15 is 0 Å². The fourth-order valence-electron chi connectivity index (χ4n) is 1.95. The number of hydrogen-bond donors (Lipinski definition) is 0. The van der Waals surface area contributed by atoms with Gasteiger partial charge in [-0.1, -0.05) is 0 Å². The summed E-state index contributed by atoms with van der Waals surface area (Å²) in [6.45, 7) is 6.56. The Hall–Kier alpha value is 0.230. The summed E-state index contributed by atoms with van der Waals surface area (Å²) < 4.78 is 11.1. The van der Waals surface area contributed by atoms with Gasteiger partial charge in [0.25, 0.3) is 0 Å². The number of thioether (sulfide) groups is 1. The quantitative estimate of drug-likeness (QED) is 0.613. The first-order chi connectivity index (χ1) is 7.77. The van der Waals surface area contributed by atoms with Crippen LogP contribution in [0.2, 0.25) is 0 Å². The molecule has 0 aromatic carbocycles. The van der Waals surface area contributed by atoms with Crippen molar-refractivity contribution in [2.24, 2.45) is 0 Å². The van der Waals surface area contributed by atoms with Crippen LogP contribution in [0.25, 0.3) is 0 Å². The monoisotopic (exact) mass is 247 g/mol. The van der Waals surface area contributed by atoms with Gasteiger partial charge in [0, 0.05) is 38.0 Å². The zero-order valence-electron chi connectivity index (χ0n) is 10.8. The van der Waals surface area contributed by atoms with Gasteiger partial charge in [-0.25, -0.2) is 0 Å². The maximum atomic E-state index is 5.54. The molecule has 0 bridgehead atoms. The minimum absolute atomic E-state index is 0.0218. The smallest absolute Gasteiger partial charge is 0.158 e. The van der Waals surface area contributed by atoms with Crippen molar-refractivity contribution in [1.82, 2.24) is 4.90 Å². The predicted octanol–water partition coefficient (Wildman–Crippen LogP) is 2.21. The second kappa shape index (κ2) is 8.34. The highest BCUT2D eigenvalue weighted by Gasteiger charge is 2.20. The van der Waals surface area contributed by atoms with Crippen molar-refractivity contribution in [3.05, 3.63) is 0 Å². The lowest BCUT2D eigenvalue weighted by atomic mass is 10.2. The average molecular weight is 247 g/mol. The maximum absolute atomic E-state index is 5.54. The summed E-state index contributed by atoms with van der Waals surface area (Å²) in [4.78, 5) is 2.45. The van der Waals surface area contributed by atoms with Crippen LogP contribution in [0.3, 0.4) is 0 Å².